The van der Waals surface area contributed by atoms with Gasteiger partial charge in [-0.05, 0) is 30.6 Å². The second kappa shape index (κ2) is 4.06. The van der Waals surface area contributed by atoms with Crippen LogP contribution >= 0.6 is 15.9 Å². The van der Waals surface area contributed by atoms with Crippen LogP contribution in [0.3, 0.4) is 0 Å². The van der Waals surface area contributed by atoms with Gasteiger partial charge in [0.15, 0.2) is 0 Å². The molecular formula is C10H13BrN2O2. The van der Waals surface area contributed by atoms with E-state index in [0.717, 1.165) is 24.0 Å². The highest BCUT2D eigenvalue weighted by Crippen LogP contribution is 2.39. The van der Waals surface area contributed by atoms with Gasteiger partial charge in [0.25, 0.3) is 5.70 Å². The van der Waals surface area contributed by atoms with E-state index >= 15 is 0 Å². The molecule has 1 heterocycles. The molecule has 2 unspecified atom stereocenters. The summed E-state index contributed by atoms with van der Waals surface area (Å²) in [6.07, 6.45) is 4.44. The molecule has 0 aromatic carbocycles. The lowest BCUT2D eigenvalue weighted by atomic mass is 9.80. The highest BCUT2D eigenvalue weighted by Gasteiger charge is 2.39. The van der Waals surface area contributed by atoms with Gasteiger partial charge >= 0.3 is 0 Å². The summed E-state index contributed by atoms with van der Waals surface area (Å²) in [5.41, 5.74) is 0.356. The van der Waals surface area contributed by atoms with Gasteiger partial charge in [0.2, 0.25) is 0 Å². The number of nitrogens with zero attached hydrogens (tertiary/aromatic N) is 2. The predicted molar refractivity (Wildman–Crippen MR) is 61.2 cm³/mol. The summed E-state index contributed by atoms with van der Waals surface area (Å²) in [6.45, 7) is 1.79. The van der Waals surface area contributed by atoms with E-state index in [1.807, 2.05) is 13.1 Å². The van der Waals surface area contributed by atoms with Crippen LogP contribution in [0.2, 0.25) is 0 Å². The zero-order valence-corrected chi connectivity index (χ0v) is 10.1. The lowest BCUT2D eigenvalue weighted by Gasteiger charge is -2.36. The number of halogens is 1. The standard InChI is InChI=1S/C10H13BrN2O2/c1-12-5-4-7-8(6-12)10(13(14)15)3-2-9(7)11/h2-3,7-8H,4-6H2,1H3. The normalized spacial score (nSPS) is 31.6. The summed E-state index contributed by atoms with van der Waals surface area (Å²) in [6, 6.07) is 0. The largest absolute Gasteiger partial charge is 0.305 e. The maximum Gasteiger partial charge on any atom is 0.251 e. The molecule has 0 spiro atoms. The van der Waals surface area contributed by atoms with E-state index in [1.54, 1.807) is 6.08 Å². The molecule has 0 aromatic heterocycles. The van der Waals surface area contributed by atoms with Crippen molar-refractivity contribution in [1.29, 1.82) is 0 Å². The van der Waals surface area contributed by atoms with Crippen molar-refractivity contribution in [3.8, 4) is 0 Å². The quantitative estimate of drug-likeness (QED) is 0.542. The molecule has 0 bridgehead atoms. The minimum atomic E-state index is -0.243. The third-order valence-electron chi connectivity index (χ3n) is 3.17. The monoisotopic (exact) mass is 272 g/mol. The summed E-state index contributed by atoms with van der Waals surface area (Å²) in [5.74, 6) is 0.338. The number of fused-ring (bicyclic) bond motifs is 1. The Kier molecular flexibility index (Phi) is 2.93. The van der Waals surface area contributed by atoms with Crippen molar-refractivity contribution in [2.75, 3.05) is 20.1 Å². The first kappa shape index (κ1) is 10.8. The molecule has 2 rings (SSSR count). The minimum absolute atomic E-state index is 0.0399. The third-order valence-corrected chi connectivity index (χ3v) is 4.03. The van der Waals surface area contributed by atoms with Crippen LogP contribution in [0.1, 0.15) is 6.42 Å². The van der Waals surface area contributed by atoms with Gasteiger partial charge in [0, 0.05) is 18.5 Å². The van der Waals surface area contributed by atoms with Crippen LogP contribution in [0.5, 0.6) is 0 Å². The van der Waals surface area contributed by atoms with Crippen LogP contribution in [0.15, 0.2) is 22.3 Å². The number of rotatable bonds is 1. The van der Waals surface area contributed by atoms with Crippen molar-refractivity contribution in [2.24, 2.45) is 11.8 Å². The Morgan fingerprint density at radius 3 is 2.93 bits per heavy atom. The van der Waals surface area contributed by atoms with E-state index in [-0.39, 0.29) is 10.8 Å². The van der Waals surface area contributed by atoms with Crippen molar-refractivity contribution in [1.82, 2.24) is 4.90 Å². The fourth-order valence-corrected chi connectivity index (χ4v) is 3.03. The SMILES string of the molecule is CN1CCC2C(Br)=CC=C([N+](=O)[O-])C2C1. The van der Waals surface area contributed by atoms with Crippen molar-refractivity contribution < 1.29 is 4.92 Å². The Bertz CT molecular complexity index is 351. The molecule has 5 heteroatoms. The molecule has 82 valence electrons. The van der Waals surface area contributed by atoms with Crippen LogP contribution in [-0.2, 0) is 0 Å². The van der Waals surface area contributed by atoms with Crippen LogP contribution in [0, 0.1) is 22.0 Å². The van der Waals surface area contributed by atoms with Gasteiger partial charge in [-0.15, -0.1) is 0 Å². The molecule has 4 nitrogen and oxygen atoms in total. The van der Waals surface area contributed by atoms with Gasteiger partial charge in [0.1, 0.15) is 0 Å². The van der Waals surface area contributed by atoms with Crippen LogP contribution in [0.25, 0.3) is 0 Å². The highest BCUT2D eigenvalue weighted by molar-refractivity contribution is 9.11. The summed E-state index contributed by atoms with van der Waals surface area (Å²) in [5, 5.41) is 10.9. The van der Waals surface area contributed by atoms with E-state index < -0.39 is 0 Å². The van der Waals surface area contributed by atoms with Crippen molar-refractivity contribution >= 4 is 15.9 Å². The van der Waals surface area contributed by atoms with Gasteiger partial charge in [-0.25, -0.2) is 0 Å². The molecule has 0 radical (unpaired) electrons. The number of nitro groups is 1. The Balaban J connectivity index is 2.29. The van der Waals surface area contributed by atoms with Gasteiger partial charge in [0.05, 0.1) is 10.8 Å². The van der Waals surface area contributed by atoms with Gasteiger partial charge in [-0.2, -0.15) is 0 Å². The first-order valence-corrected chi connectivity index (χ1v) is 5.79. The zero-order valence-electron chi connectivity index (χ0n) is 8.52. The third kappa shape index (κ3) is 1.99. The molecule has 1 aliphatic heterocycles. The molecule has 1 fully saturated rings. The Morgan fingerprint density at radius 1 is 1.53 bits per heavy atom. The smallest absolute Gasteiger partial charge is 0.251 e. The predicted octanol–water partition coefficient (Wildman–Crippen LogP) is 2.01. The molecule has 0 aromatic rings. The zero-order chi connectivity index (χ0) is 11.0. The Morgan fingerprint density at radius 2 is 2.27 bits per heavy atom. The van der Waals surface area contributed by atoms with E-state index in [2.05, 4.69) is 20.8 Å². The summed E-state index contributed by atoms with van der Waals surface area (Å²) < 4.78 is 1.10. The Labute approximate surface area is 96.9 Å². The molecule has 0 amide bonds. The van der Waals surface area contributed by atoms with E-state index in [0.29, 0.717) is 11.6 Å². The average molecular weight is 273 g/mol. The second-order valence-corrected chi connectivity index (χ2v) is 5.08. The van der Waals surface area contributed by atoms with E-state index in [4.69, 9.17) is 0 Å². The molecule has 15 heavy (non-hydrogen) atoms. The maximum atomic E-state index is 10.9. The highest BCUT2D eigenvalue weighted by atomic mass is 79.9. The number of hydrogen-bond donors (Lipinski definition) is 0. The second-order valence-electron chi connectivity index (χ2n) is 4.16. The fourth-order valence-electron chi connectivity index (χ4n) is 2.35. The van der Waals surface area contributed by atoms with Crippen LogP contribution in [-0.4, -0.2) is 30.0 Å². The lowest BCUT2D eigenvalue weighted by Crippen LogP contribution is -2.41. The summed E-state index contributed by atoms with van der Waals surface area (Å²) in [4.78, 5) is 12.8. The first-order chi connectivity index (χ1) is 7.09. The number of piperidine rings is 1. The first-order valence-electron chi connectivity index (χ1n) is 5.00. The van der Waals surface area contributed by atoms with Crippen LogP contribution < -0.4 is 0 Å². The summed E-state index contributed by atoms with van der Waals surface area (Å²) in [7, 11) is 2.01. The fraction of sp³-hybridized carbons (Fsp3) is 0.600. The average Bonchev–Trinajstić information content (AvgIpc) is 2.17. The van der Waals surface area contributed by atoms with Gasteiger partial charge in [-0.1, -0.05) is 15.9 Å². The number of likely N-dealkylation sites (tertiary alicyclic amines) is 1. The van der Waals surface area contributed by atoms with E-state index in [9.17, 15) is 10.1 Å². The molecule has 2 atom stereocenters. The van der Waals surface area contributed by atoms with E-state index in [1.165, 1.54) is 0 Å². The van der Waals surface area contributed by atoms with Gasteiger partial charge < -0.3 is 4.90 Å². The topological polar surface area (TPSA) is 46.4 Å². The van der Waals surface area contributed by atoms with Crippen molar-refractivity contribution in [3.63, 3.8) is 0 Å². The van der Waals surface area contributed by atoms with Crippen molar-refractivity contribution in [2.45, 2.75) is 6.42 Å². The number of allylic oxidation sites excluding steroid dienone is 3. The lowest BCUT2D eigenvalue weighted by molar-refractivity contribution is -0.436. The Hall–Kier alpha value is -0.680. The molecule has 0 N–H and O–H groups in total. The molecule has 1 saturated heterocycles. The van der Waals surface area contributed by atoms with Crippen molar-refractivity contribution in [3.05, 3.63) is 32.4 Å². The molecule has 2 aliphatic rings. The van der Waals surface area contributed by atoms with Gasteiger partial charge in [-0.3, -0.25) is 10.1 Å². The number of hydrogen-bond acceptors (Lipinski definition) is 3. The molecule has 1 aliphatic carbocycles. The molecule has 0 saturated carbocycles. The van der Waals surface area contributed by atoms with Crippen LogP contribution in [0.4, 0.5) is 0 Å². The molecular weight excluding hydrogens is 260 g/mol. The summed E-state index contributed by atoms with van der Waals surface area (Å²) >= 11 is 3.50. The maximum absolute atomic E-state index is 10.9. The minimum Gasteiger partial charge on any atom is -0.305 e.